The number of carbonyl (C=O) groups is 3. The Morgan fingerprint density at radius 2 is 1.80 bits per heavy atom. The van der Waals surface area contributed by atoms with Crippen LogP contribution in [0.2, 0.25) is 0 Å². The third-order valence-corrected chi connectivity index (χ3v) is 9.35. The molecule has 0 unspecified atom stereocenters. The number of ether oxygens (including phenoxy) is 6. The molecule has 0 spiro atoms. The van der Waals surface area contributed by atoms with Gasteiger partial charge in [0.2, 0.25) is 5.89 Å². The van der Waals surface area contributed by atoms with Crippen LogP contribution in [0.15, 0.2) is 41.1 Å². The highest BCUT2D eigenvalue weighted by atomic mass is 16.6. The Morgan fingerprint density at radius 1 is 1.00 bits per heavy atom. The lowest BCUT2D eigenvalue weighted by Gasteiger charge is -2.40. The van der Waals surface area contributed by atoms with E-state index >= 15 is 0 Å². The molecule has 3 saturated heterocycles. The maximum Gasteiger partial charge on any atom is 0.407 e. The van der Waals surface area contributed by atoms with Crippen molar-refractivity contribution in [1.82, 2.24) is 10.3 Å². The van der Waals surface area contributed by atoms with Crippen molar-refractivity contribution in [3.05, 3.63) is 48.2 Å². The van der Waals surface area contributed by atoms with Gasteiger partial charge in [-0.15, -0.1) is 0 Å². The molecular weight excluding hydrogens is 644 g/mol. The number of esters is 2. The second-order valence-electron chi connectivity index (χ2n) is 14.0. The fourth-order valence-electron chi connectivity index (χ4n) is 6.66. The summed E-state index contributed by atoms with van der Waals surface area (Å²) >= 11 is 0. The van der Waals surface area contributed by atoms with Crippen LogP contribution in [-0.2, 0) is 44.4 Å². The SMILES string of the molecule is COC(=O)NC/C=C\c1nc(CC/C=C\C(=O)O[C@@H]2C[C@H]3C[C@@H](OC)C[C@H]4O[C@@H](CC[C@@H]4C)C[C@H](/C=C/CC(C)C)OC(=O)C[C@@H](C2)O3)co1. The minimum atomic E-state index is -0.517. The summed E-state index contributed by atoms with van der Waals surface area (Å²) in [5, 5.41) is 2.54. The van der Waals surface area contributed by atoms with E-state index < -0.39 is 24.3 Å². The Labute approximate surface area is 296 Å². The molecule has 1 amide bonds. The molecule has 12 heteroatoms. The van der Waals surface area contributed by atoms with Crippen LogP contribution < -0.4 is 5.32 Å². The Bertz CT molecular complexity index is 1310. The summed E-state index contributed by atoms with van der Waals surface area (Å²) in [5.74, 6) is 0.537. The van der Waals surface area contributed by atoms with E-state index in [9.17, 15) is 14.4 Å². The molecule has 278 valence electrons. The summed E-state index contributed by atoms with van der Waals surface area (Å²) in [5.41, 5.74) is 0.735. The molecule has 0 saturated carbocycles. The normalized spacial score (nSPS) is 29.6. The first-order valence-electron chi connectivity index (χ1n) is 18.1. The van der Waals surface area contributed by atoms with Gasteiger partial charge in [-0.1, -0.05) is 39.0 Å². The van der Waals surface area contributed by atoms with Crippen LogP contribution in [0.25, 0.3) is 6.08 Å². The molecular formula is C38H56N2O10. The number of aryl methyl sites for hydroxylation is 1. The lowest BCUT2D eigenvalue weighted by atomic mass is 9.86. The summed E-state index contributed by atoms with van der Waals surface area (Å²) in [6.07, 6.45) is 17.2. The van der Waals surface area contributed by atoms with E-state index in [2.05, 4.69) is 41.9 Å². The fraction of sp³-hybridized carbons (Fsp3) is 0.684. The molecule has 4 heterocycles. The first kappa shape index (κ1) is 39.3. The second-order valence-corrected chi connectivity index (χ2v) is 14.0. The summed E-state index contributed by atoms with van der Waals surface area (Å²) in [6, 6.07) is 0. The number of hydrogen-bond donors (Lipinski definition) is 1. The quantitative estimate of drug-likeness (QED) is 0.114. The number of nitrogens with zero attached hydrogens (tertiary/aromatic N) is 1. The Kier molecular flexibility index (Phi) is 16.0. The van der Waals surface area contributed by atoms with E-state index in [1.54, 1.807) is 31.6 Å². The van der Waals surface area contributed by atoms with Crippen LogP contribution in [0, 0.1) is 11.8 Å². The largest absolute Gasteiger partial charge is 0.459 e. The number of methoxy groups -OCH3 is 2. The van der Waals surface area contributed by atoms with Crippen molar-refractivity contribution in [1.29, 1.82) is 0 Å². The molecule has 1 aromatic rings. The summed E-state index contributed by atoms with van der Waals surface area (Å²) in [4.78, 5) is 41.7. The molecule has 0 aliphatic carbocycles. The minimum Gasteiger partial charge on any atom is -0.459 e. The van der Waals surface area contributed by atoms with Crippen molar-refractivity contribution in [2.24, 2.45) is 11.8 Å². The maximum absolute atomic E-state index is 13.3. The molecule has 8 atom stereocenters. The number of aromatic nitrogens is 1. The highest BCUT2D eigenvalue weighted by Gasteiger charge is 2.38. The number of rotatable bonds is 12. The van der Waals surface area contributed by atoms with Gasteiger partial charge in [-0.2, -0.15) is 0 Å². The van der Waals surface area contributed by atoms with Gasteiger partial charge in [-0.25, -0.2) is 14.6 Å². The Balaban J connectivity index is 1.34. The molecule has 1 N–H and O–H groups in total. The van der Waals surface area contributed by atoms with Gasteiger partial charge in [0, 0.05) is 45.4 Å². The number of alkyl carbamates (subject to hydrolysis) is 1. The number of oxazole rings is 1. The number of amides is 1. The third kappa shape index (κ3) is 13.7. The smallest absolute Gasteiger partial charge is 0.407 e. The van der Waals surface area contributed by atoms with Crippen LogP contribution in [-0.4, -0.2) is 86.5 Å². The molecule has 4 bridgehead atoms. The van der Waals surface area contributed by atoms with Crippen LogP contribution >= 0.6 is 0 Å². The molecule has 3 aliphatic heterocycles. The number of nitrogens with one attached hydrogen (secondary N) is 1. The average Bonchev–Trinajstić information content (AvgIpc) is 3.52. The van der Waals surface area contributed by atoms with E-state index in [1.165, 1.54) is 13.2 Å². The van der Waals surface area contributed by atoms with Gasteiger partial charge < -0.3 is 38.2 Å². The standard InChI is InChI=1S/C38H56N2O10/c1-25(2)10-8-12-28-18-29-16-15-26(3)34(48-29)22-30(44-4)19-31-20-32(21-33(47-31)23-37(42)49-28)50-36(41)14-7-6-11-27-24-46-35(40-27)13-9-17-39-38(43)45-5/h7-9,12-14,24-26,28-34H,6,10-11,15-23H2,1-5H3,(H,39,43)/b12-8+,13-9-,14-7-/t26-,28-,29-,30+,31+,32+,33+,34+/m0/s1. The molecule has 12 nitrogen and oxygen atoms in total. The molecule has 50 heavy (non-hydrogen) atoms. The number of fused-ring (bicyclic) bond motifs is 4. The summed E-state index contributed by atoms with van der Waals surface area (Å²) < 4.78 is 40.8. The zero-order chi connectivity index (χ0) is 35.9. The van der Waals surface area contributed by atoms with Crippen molar-refractivity contribution in [3.8, 4) is 0 Å². The number of carbonyl (C=O) groups excluding carboxylic acids is 3. The van der Waals surface area contributed by atoms with Gasteiger partial charge in [0.1, 0.15) is 18.5 Å². The number of cyclic esters (lactones) is 1. The van der Waals surface area contributed by atoms with Gasteiger partial charge in [-0.3, -0.25) is 4.79 Å². The number of allylic oxidation sites excluding steroid dienone is 2. The lowest BCUT2D eigenvalue weighted by Crippen LogP contribution is -2.43. The van der Waals surface area contributed by atoms with Crippen molar-refractivity contribution in [2.45, 2.75) is 134 Å². The zero-order valence-corrected chi connectivity index (χ0v) is 30.3. The Morgan fingerprint density at radius 3 is 2.58 bits per heavy atom. The van der Waals surface area contributed by atoms with E-state index in [-0.39, 0.29) is 49.5 Å². The fourth-order valence-corrected chi connectivity index (χ4v) is 6.66. The lowest BCUT2D eigenvalue weighted by molar-refractivity contribution is -0.171. The van der Waals surface area contributed by atoms with Gasteiger partial charge in [0.15, 0.2) is 0 Å². The summed E-state index contributed by atoms with van der Waals surface area (Å²) in [6.45, 7) is 6.83. The van der Waals surface area contributed by atoms with Gasteiger partial charge in [-0.05, 0) is 62.5 Å². The van der Waals surface area contributed by atoms with Crippen molar-refractivity contribution in [3.63, 3.8) is 0 Å². The average molecular weight is 701 g/mol. The molecule has 3 aliphatic rings. The first-order valence-corrected chi connectivity index (χ1v) is 18.1. The number of hydrogen-bond acceptors (Lipinski definition) is 11. The zero-order valence-electron chi connectivity index (χ0n) is 30.3. The van der Waals surface area contributed by atoms with Crippen LogP contribution in [0.3, 0.4) is 0 Å². The van der Waals surface area contributed by atoms with E-state index in [4.69, 9.17) is 28.1 Å². The highest BCUT2D eigenvalue weighted by molar-refractivity contribution is 5.82. The van der Waals surface area contributed by atoms with Gasteiger partial charge in [0.25, 0.3) is 0 Å². The Hall–Kier alpha value is -3.48. The van der Waals surface area contributed by atoms with E-state index in [0.717, 1.165) is 31.4 Å². The van der Waals surface area contributed by atoms with E-state index in [0.29, 0.717) is 56.3 Å². The van der Waals surface area contributed by atoms with Crippen molar-refractivity contribution < 1.29 is 47.2 Å². The van der Waals surface area contributed by atoms with Crippen molar-refractivity contribution in [2.75, 3.05) is 20.8 Å². The monoisotopic (exact) mass is 700 g/mol. The van der Waals surface area contributed by atoms with Crippen LogP contribution in [0.5, 0.6) is 0 Å². The molecule has 4 rings (SSSR count). The molecule has 1 aromatic heterocycles. The maximum atomic E-state index is 13.3. The van der Waals surface area contributed by atoms with Gasteiger partial charge >= 0.3 is 18.0 Å². The summed E-state index contributed by atoms with van der Waals surface area (Å²) in [7, 11) is 3.02. The van der Waals surface area contributed by atoms with Crippen LogP contribution in [0.1, 0.15) is 96.6 Å². The first-order chi connectivity index (χ1) is 24.1. The molecule has 0 radical (unpaired) electrons. The topological polar surface area (TPSA) is 145 Å². The molecule has 3 fully saturated rings. The third-order valence-electron chi connectivity index (χ3n) is 9.35. The van der Waals surface area contributed by atoms with Crippen molar-refractivity contribution >= 4 is 24.1 Å². The van der Waals surface area contributed by atoms with E-state index in [1.807, 2.05) is 6.08 Å². The predicted octanol–water partition coefficient (Wildman–Crippen LogP) is 6.28. The van der Waals surface area contributed by atoms with Gasteiger partial charge in [0.05, 0.1) is 49.7 Å². The highest BCUT2D eigenvalue weighted by Crippen LogP contribution is 2.34. The second kappa shape index (κ2) is 20.4. The predicted molar refractivity (Wildman–Crippen MR) is 186 cm³/mol. The van der Waals surface area contributed by atoms with Crippen LogP contribution in [0.4, 0.5) is 4.79 Å². The molecule has 0 aromatic carbocycles. The minimum absolute atomic E-state index is 0.0180.